The van der Waals surface area contributed by atoms with Crippen LogP contribution < -0.4 is 4.74 Å². The zero-order valence-corrected chi connectivity index (χ0v) is 41.7. The van der Waals surface area contributed by atoms with E-state index in [9.17, 15) is 4.79 Å². The average Bonchev–Trinajstić information content (AvgIpc) is 3.17. The molecule has 0 spiro atoms. The van der Waals surface area contributed by atoms with Crippen LogP contribution >= 0.6 is 0 Å². The van der Waals surface area contributed by atoms with Gasteiger partial charge in [0, 0.05) is 19.5 Å². The lowest BCUT2D eigenvalue weighted by molar-refractivity contribution is -0.130. The fourth-order valence-electron chi connectivity index (χ4n) is 6.63. The molecule has 0 radical (unpaired) electrons. The highest BCUT2D eigenvalue weighted by atomic mass is 28.4. The first-order valence-corrected chi connectivity index (χ1v) is 27.8. The van der Waals surface area contributed by atoms with Crippen molar-refractivity contribution in [3.63, 3.8) is 0 Å². The van der Waals surface area contributed by atoms with Crippen molar-refractivity contribution < 1.29 is 42.4 Å². The molecular formula is C50H78O9Si2. The third kappa shape index (κ3) is 17.9. The van der Waals surface area contributed by atoms with Crippen molar-refractivity contribution in [2.24, 2.45) is 0 Å². The molecule has 7 unspecified atom stereocenters. The molecule has 9 nitrogen and oxygen atoms in total. The van der Waals surface area contributed by atoms with Gasteiger partial charge < -0.3 is 37.6 Å². The maximum absolute atomic E-state index is 10.9. The molecule has 2 aliphatic heterocycles. The molecule has 1 N–H and O–H groups in total. The number of rotatable bonds is 22. The van der Waals surface area contributed by atoms with Gasteiger partial charge in [-0.25, -0.2) is 4.79 Å². The molecule has 340 valence electrons. The number of carboxylic acids is 1. The van der Waals surface area contributed by atoms with E-state index in [1.807, 2.05) is 36.4 Å². The molecule has 1 aromatic rings. The minimum atomic E-state index is -2.24. The van der Waals surface area contributed by atoms with Gasteiger partial charge in [-0.3, -0.25) is 0 Å². The van der Waals surface area contributed by atoms with Gasteiger partial charge in [-0.15, -0.1) is 0 Å². The van der Waals surface area contributed by atoms with Crippen LogP contribution in [0.25, 0.3) is 0 Å². The molecule has 0 saturated heterocycles. The molecule has 0 fully saturated rings. The smallest absolute Gasteiger partial charge is 0.381 e. The van der Waals surface area contributed by atoms with Crippen LogP contribution in [0.1, 0.15) is 99.0 Å². The molecule has 2 heterocycles. The maximum atomic E-state index is 10.9. The molecule has 0 saturated carbocycles. The standard InChI is InChI=1S/C50H78O9Si2/c1-37(18-15-22-46-44(54-10)30-28-41(57-46)19-17-23-48(51)52)35-43(58-60(11,12)49(3,4)5)20-16-21-45(56-36-39-24-26-40(53-9)27-25-39)47(59-61(13,14)50(6,7)8)31-29-42-34-38(2)32-33-55-42/h16,20,24-32,41-47H,1,15,18-19,21-22,33-36H2,2-14H3,(H,51,52). The summed E-state index contributed by atoms with van der Waals surface area (Å²) in [7, 11) is -1.04. The molecule has 0 aliphatic carbocycles. The number of ether oxygens (including phenoxy) is 5. The van der Waals surface area contributed by atoms with Gasteiger partial charge in [-0.05, 0) is 99.4 Å². The van der Waals surface area contributed by atoms with Crippen LogP contribution in [-0.4, -0.2) is 91.3 Å². The Morgan fingerprint density at radius 3 is 2.28 bits per heavy atom. The number of hydrogen-bond acceptors (Lipinski definition) is 8. The van der Waals surface area contributed by atoms with Gasteiger partial charge in [0.25, 0.3) is 0 Å². The van der Waals surface area contributed by atoms with Gasteiger partial charge in [-0.2, -0.15) is 0 Å². The van der Waals surface area contributed by atoms with Gasteiger partial charge in [0.15, 0.2) is 16.6 Å². The van der Waals surface area contributed by atoms with E-state index in [0.717, 1.165) is 42.6 Å². The molecule has 7 atom stereocenters. The molecule has 0 amide bonds. The summed E-state index contributed by atoms with van der Waals surface area (Å²) < 4.78 is 44.7. The number of carbonyl (C=O) groups is 1. The maximum Gasteiger partial charge on any atom is 0.381 e. The lowest BCUT2D eigenvalue weighted by Gasteiger charge is -2.40. The van der Waals surface area contributed by atoms with E-state index in [1.165, 1.54) is 5.57 Å². The van der Waals surface area contributed by atoms with Crippen molar-refractivity contribution in [2.45, 2.75) is 179 Å². The predicted molar refractivity (Wildman–Crippen MR) is 253 cm³/mol. The first-order chi connectivity index (χ1) is 28.5. The van der Waals surface area contributed by atoms with E-state index < -0.39 is 22.6 Å². The van der Waals surface area contributed by atoms with Crippen LogP contribution in [0.2, 0.25) is 36.3 Å². The van der Waals surface area contributed by atoms with Crippen molar-refractivity contribution in [3.8, 4) is 17.6 Å². The third-order valence-electron chi connectivity index (χ3n) is 12.5. The zero-order chi connectivity index (χ0) is 45.4. The molecule has 11 heteroatoms. The SMILES string of the molecule is C=C(CCCC1OC(CC#CC(=O)O)C=CC1OC)CC(C=CCC(OCc1ccc(OC)cc1)C(C=CC1CC(C)=CCO1)O[Si](C)(C)C(C)(C)C)O[Si](C)(C)C(C)(C)C. The number of aliphatic carboxylic acids is 1. The van der Waals surface area contributed by atoms with E-state index in [0.29, 0.717) is 32.5 Å². The molecule has 0 aromatic heterocycles. The first-order valence-electron chi connectivity index (χ1n) is 22.0. The number of benzene rings is 1. The van der Waals surface area contributed by atoms with Crippen LogP contribution in [0.4, 0.5) is 0 Å². The Labute approximate surface area is 371 Å². The summed E-state index contributed by atoms with van der Waals surface area (Å²) in [5.74, 6) is 4.54. The summed E-state index contributed by atoms with van der Waals surface area (Å²) in [5, 5.41) is 8.94. The summed E-state index contributed by atoms with van der Waals surface area (Å²) >= 11 is 0. The topological polar surface area (TPSA) is 102 Å². The monoisotopic (exact) mass is 879 g/mol. The van der Waals surface area contributed by atoms with Crippen LogP contribution in [0, 0.1) is 11.8 Å². The molecule has 0 bridgehead atoms. The summed E-state index contributed by atoms with van der Waals surface area (Å²) in [6.45, 7) is 30.5. The van der Waals surface area contributed by atoms with E-state index in [-0.39, 0.29) is 52.8 Å². The van der Waals surface area contributed by atoms with Gasteiger partial charge in [-0.1, -0.05) is 120 Å². The van der Waals surface area contributed by atoms with Crippen LogP contribution in [0.5, 0.6) is 5.75 Å². The molecule has 2 aliphatic rings. The van der Waals surface area contributed by atoms with Crippen LogP contribution in [0.15, 0.2) is 84.5 Å². The third-order valence-corrected chi connectivity index (χ3v) is 21.5. The Hall–Kier alpha value is -3.06. The first kappa shape index (κ1) is 52.3. The highest BCUT2D eigenvalue weighted by Crippen LogP contribution is 2.40. The van der Waals surface area contributed by atoms with Gasteiger partial charge in [0.2, 0.25) is 0 Å². The van der Waals surface area contributed by atoms with Crippen LogP contribution in [-0.2, 0) is 39.2 Å². The minimum absolute atomic E-state index is 0.00121. The Kier molecular flexibility index (Phi) is 20.7. The zero-order valence-electron chi connectivity index (χ0n) is 39.7. The highest BCUT2D eigenvalue weighted by Gasteiger charge is 2.41. The molecule has 1 aromatic carbocycles. The predicted octanol–water partition coefficient (Wildman–Crippen LogP) is 11.5. The van der Waals surface area contributed by atoms with E-state index >= 15 is 0 Å². The van der Waals surface area contributed by atoms with E-state index in [4.69, 9.17) is 37.6 Å². The summed E-state index contributed by atoms with van der Waals surface area (Å²) in [6.07, 6.45) is 18.5. The fraction of sp³-hybridized carbons (Fsp3) is 0.620. The number of hydrogen-bond donors (Lipinski definition) is 1. The Balaban J connectivity index is 1.86. The largest absolute Gasteiger partial charge is 0.497 e. The lowest BCUT2D eigenvalue weighted by Crippen LogP contribution is -2.47. The van der Waals surface area contributed by atoms with Gasteiger partial charge >= 0.3 is 5.97 Å². The van der Waals surface area contributed by atoms with Crippen molar-refractivity contribution in [1.82, 2.24) is 0 Å². The normalized spacial score (nSPS) is 21.8. The van der Waals surface area contributed by atoms with Gasteiger partial charge in [0.1, 0.15) is 11.9 Å². The highest BCUT2D eigenvalue weighted by molar-refractivity contribution is 6.74. The molecule has 3 rings (SSSR count). The van der Waals surface area contributed by atoms with E-state index in [2.05, 4.69) is 123 Å². The quantitative estimate of drug-likeness (QED) is 0.0693. The van der Waals surface area contributed by atoms with Crippen LogP contribution in [0.3, 0.4) is 0 Å². The van der Waals surface area contributed by atoms with Gasteiger partial charge in [0.05, 0.1) is 56.9 Å². The van der Waals surface area contributed by atoms with Crippen molar-refractivity contribution in [1.29, 1.82) is 0 Å². The molecule has 61 heavy (non-hydrogen) atoms. The summed E-state index contributed by atoms with van der Waals surface area (Å²) in [5.41, 5.74) is 3.51. The Bertz CT molecular complexity index is 1720. The average molecular weight is 879 g/mol. The van der Waals surface area contributed by atoms with Crippen molar-refractivity contribution in [2.75, 3.05) is 20.8 Å². The Morgan fingerprint density at radius 2 is 1.67 bits per heavy atom. The minimum Gasteiger partial charge on any atom is -0.497 e. The Morgan fingerprint density at radius 1 is 1.00 bits per heavy atom. The second-order valence-electron chi connectivity index (χ2n) is 19.6. The second-order valence-corrected chi connectivity index (χ2v) is 29.1. The van der Waals surface area contributed by atoms with Crippen molar-refractivity contribution in [3.05, 3.63) is 90.1 Å². The second kappa shape index (κ2) is 24.1. The number of methoxy groups -OCH3 is 2. The van der Waals surface area contributed by atoms with Crippen molar-refractivity contribution >= 4 is 22.6 Å². The summed E-state index contributed by atoms with van der Waals surface area (Å²) in [6, 6.07) is 8.03. The van der Waals surface area contributed by atoms with E-state index in [1.54, 1.807) is 14.2 Å². The summed E-state index contributed by atoms with van der Waals surface area (Å²) in [4.78, 5) is 10.9. The molecular weight excluding hydrogens is 801 g/mol. The fourth-order valence-corrected chi connectivity index (χ4v) is 9.16. The number of carboxylic acid groups (broad SMARTS) is 1. The lowest BCUT2D eigenvalue weighted by atomic mass is 9.98.